The summed E-state index contributed by atoms with van der Waals surface area (Å²) in [5.41, 5.74) is 5.68. The Morgan fingerprint density at radius 1 is 1.12 bits per heavy atom. The van der Waals surface area contributed by atoms with Crippen molar-refractivity contribution in [3.8, 4) is 17.2 Å². The fourth-order valence-corrected chi connectivity index (χ4v) is 1.36. The second-order valence-electron chi connectivity index (χ2n) is 3.18. The van der Waals surface area contributed by atoms with Gasteiger partial charge in [0, 0.05) is 18.2 Å². The Hall–Kier alpha value is -2.17. The highest BCUT2D eigenvalue weighted by Gasteiger charge is 2.10. The maximum atomic E-state index is 10.7. The van der Waals surface area contributed by atoms with Gasteiger partial charge < -0.3 is 19.9 Å². The molecule has 2 N–H and O–H groups in total. The predicted molar refractivity (Wildman–Crippen MR) is 64.3 cm³/mol. The lowest BCUT2D eigenvalue weighted by Gasteiger charge is -2.12. The number of ether oxygens (including phenoxy) is 3. The van der Waals surface area contributed by atoms with Gasteiger partial charge in [-0.3, -0.25) is 4.79 Å². The molecule has 0 bridgehead atoms. The fraction of sp³-hybridized carbons (Fsp3) is 0.250. The van der Waals surface area contributed by atoms with Crippen LogP contribution in [0.3, 0.4) is 0 Å². The second kappa shape index (κ2) is 5.79. The average molecular weight is 237 g/mol. The molecule has 1 amide bonds. The Labute approximate surface area is 99.8 Å². The summed E-state index contributed by atoms with van der Waals surface area (Å²) >= 11 is 0. The molecule has 0 unspecified atom stereocenters. The zero-order valence-electron chi connectivity index (χ0n) is 10.0. The smallest absolute Gasteiger partial charge is 0.241 e. The molecule has 0 atom stereocenters. The molecule has 0 spiro atoms. The minimum atomic E-state index is -0.537. The number of carbonyl (C=O) groups is 1. The number of primary amides is 1. The number of carbonyl (C=O) groups excluding carboxylic acids is 1. The Morgan fingerprint density at radius 3 is 2.00 bits per heavy atom. The largest absolute Gasteiger partial charge is 0.496 e. The Balaban J connectivity index is 3.29. The lowest BCUT2D eigenvalue weighted by Crippen LogP contribution is -2.05. The van der Waals surface area contributed by atoms with Crippen molar-refractivity contribution in [1.82, 2.24) is 0 Å². The summed E-state index contributed by atoms with van der Waals surface area (Å²) in [6, 6.07) is 3.40. The Bertz CT molecular complexity index is 415. The van der Waals surface area contributed by atoms with Crippen molar-refractivity contribution in [1.29, 1.82) is 0 Å². The summed E-state index contributed by atoms with van der Waals surface area (Å²) in [5, 5.41) is 0. The lowest BCUT2D eigenvalue weighted by atomic mass is 10.1. The molecule has 1 aromatic carbocycles. The number of methoxy groups -OCH3 is 3. The SMILES string of the molecule is COc1cc(OC)c(/C=C\C(N)=O)c(OC)c1. The molecule has 0 saturated carbocycles. The number of amides is 1. The van der Waals surface area contributed by atoms with Gasteiger partial charge in [-0.05, 0) is 6.08 Å². The van der Waals surface area contributed by atoms with Crippen LogP contribution in [0.2, 0.25) is 0 Å². The molecule has 0 aliphatic heterocycles. The fourth-order valence-electron chi connectivity index (χ4n) is 1.36. The van der Waals surface area contributed by atoms with Crippen molar-refractivity contribution >= 4 is 12.0 Å². The van der Waals surface area contributed by atoms with E-state index in [0.717, 1.165) is 0 Å². The highest BCUT2D eigenvalue weighted by Crippen LogP contribution is 2.34. The standard InChI is InChI=1S/C12H15NO4/c1-15-8-6-10(16-2)9(4-5-12(13)14)11(7-8)17-3/h4-7H,1-3H3,(H2,13,14)/b5-4-. The number of benzene rings is 1. The highest BCUT2D eigenvalue weighted by atomic mass is 16.5. The van der Waals surface area contributed by atoms with Crippen molar-refractivity contribution in [3.63, 3.8) is 0 Å². The molecule has 0 radical (unpaired) electrons. The summed E-state index contributed by atoms with van der Waals surface area (Å²) in [5.74, 6) is 1.15. The van der Waals surface area contributed by atoms with Crippen molar-refractivity contribution in [2.45, 2.75) is 0 Å². The Kier molecular flexibility index (Phi) is 4.39. The molecule has 92 valence electrons. The van der Waals surface area contributed by atoms with Gasteiger partial charge in [0.05, 0.1) is 26.9 Å². The first kappa shape index (κ1) is 12.9. The third-order valence-electron chi connectivity index (χ3n) is 2.17. The van der Waals surface area contributed by atoms with Crippen LogP contribution in [0, 0.1) is 0 Å². The molecule has 0 heterocycles. The predicted octanol–water partition coefficient (Wildman–Crippen LogP) is 1.21. The number of hydrogen-bond acceptors (Lipinski definition) is 4. The third-order valence-corrected chi connectivity index (χ3v) is 2.17. The number of hydrogen-bond donors (Lipinski definition) is 1. The average Bonchev–Trinajstić information content (AvgIpc) is 2.34. The molecule has 17 heavy (non-hydrogen) atoms. The van der Waals surface area contributed by atoms with Crippen LogP contribution < -0.4 is 19.9 Å². The van der Waals surface area contributed by atoms with E-state index in [9.17, 15) is 4.79 Å². The molecular weight excluding hydrogens is 222 g/mol. The molecule has 1 rings (SSSR count). The van der Waals surface area contributed by atoms with Crippen LogP contribution >= 0.6 is 0 Å². The number of nitrogens with two attached hydrogens (primary N) is 1. The van der Waals surface area contributed by atoms with Gasteiger partial charge in [0.2, 0.25) is 5.91 Å². The van der Waals surface area contributed by atoms with Gasteiger partial charge in [-0.15, -0.1) is 0 Å². The summed E-state index contributed by atoms with van der Waals surface area (Å²) in [7, 11) is 4.60. The molecule has 0 saturated heterocycles. The van der Waals surface area contributed by atoms with E-state index in [1.165, 1.54) is 20.3 Å². The van der Waals surface area contributed by atoms with Gasteiger partial charge in [0.15, 0.2) is 0 Å². The van der Waals surface area contributed by atoms with E-state index in [4.69, 9.17) is 19.9 Å². The Morgan fingerprint density at radius 2 is 1.65 bits per heavy atom. The van der Waals surface area contributed by atoms with Crippen molar-refractivity contribution in [3.05, 3.63) is 23.8 Å². The zero-order chi connectivity index (χ0) is 12.8. The molecule has 0 aliphatic carbocycles. The molecule has 5 heteroatoms. The van der Waals surface area contributed by atoms with E-state index in [2.05, 4.69) is 0 Å². The zero-order valence-corrected chi connectivity index (χ0v) is 10.0. The topological polar surface area (TPSA) is 70.8 Å². The maximum absolute atomic E-state index is 10.7. The van der Waals surface area contributed by atoms with E-state index in [1.54, 1.807) is 25.3 Å². The van der Waals surface area contributed by atoms with Crippen LogP contribution in [0.5, 0.6) is 17.2 Å². The van der Waals surface area contributed by atoms with Crippen LogP contribution in [0.4, 0.5) is 0 Å². The molecular formula is C12H15NO4. The van der Waals surface area contributed by atoms with Crippen molar-refractivity contribution in [2.24, 2.45) is 5.73 Å². The van der Waals surface area contributed by atoms with E-state index >= 15 is 0 Å². The van der Waals surface area contributed by atoms with Crippen molar-refractivity contribution < 1.29 is 19.0 Å². The quantitative estimate of drug-likeness (QED) is 0.781. The summed E-state index contributed by atoms with van der Waals surface area (Å²) in [4.78, 5) is 10.7. The molecule has 0 aliphatic rings. The normalized spacial score (nSPS) is 10.3. The van der Waals surface area contributed by atoms with E-state index in [0.29, 0.717) is 22.8 Å². The maximum Gasteiger partial charge on any atom is 0.241 e. The van der Waals surface area contributed by atoms with Crippen LogP contribution in [-0.2, 0) is 4.79 Å². The van der Waals surface area contributed by atoms with Gasteiger partial charge in [-0.1, -0.05) is 0 Å². The van der Waals surface area contributed by atoms with Gasteiger partial charge in [-0.25, -0.2) is 0 Å². The minimum Gasteiger partial charge on any atom is -0.496 e. The van der Waals surface area contributed by atoms with E-state index in [1.807, 2.05) is 0 Å². The summed E-state index contributed by atoms with van der Waals surface area (Å²) in [6.07, 6.45) is 2.78. The first-order valence-electron chi connectivity index (χ1n) is 4.90. The summed E-state index contributed by atoms with van der Waals surface area (Å²) in [6.45, 7) is 0. The van der Waals surface area contributed by atoms with Crippen LogP contribution in [0.1, 0.15) is 5.56 Å². The van der Waals surface area contributed by atoms with Crippen LogP contribution in [0.15, 0.2) is 18.2 Å². The van der Waals surface area contributed by atoms with E-state index < -0.39 is 5.91 Å². The second-order valence-corrected chi connectivity index (χ2v) is 3.18. The summed E-state index contributed by atoms with van der Waals surface area (Å²) < 4.78 is 15.5. The lowest BCUT2D eigenvalue weighted by molar-refractivity contribution is -0.113. The van der Waals surface area contributed by atoms with Crippen molar-refractivity contribution in [2.75, 3.05) is 21.3 Å². The van der Waals surface area contributed by atoms with E-state index in [-0.39, 0.29) is 0 Å². The third kappa shape index (κ3) is 3.14. The molecule has 0 fully saturated rings. The minimum absolute atomic E-state index is 0.537. The first-order chi connectivity index (χ1) is 8.12. The molecule has 0 aromatic heterocycles. The molecule has 1 aromatic rings. The number of rotatable bonds is 5. The first-order valence-corrected chi connectivity index (χ1v) is 4.90. The van der Waals surface area contributed by atoms with Gasteiger partial charge in [0.25, 0.3) is 0 Å². The van der Waals surface area contributed by atoms with Gasteiger partial charge in [-0.2, -0.15) is 0 Å². The van der Waals surface area contributed by atoms with Crippen LogP contribution in [-0.4, -0.2) is 27.2 Å². The van der Waals surface area contributed by atoms with Gasteiger partial charge in [0.1, 0.15) is 17.2 Å². The van der Waals surface area contributed by atoms with Crippen LogP contribution in [0.25, 0.3) is 6.08 Å². The highest BCUT2D eigenvalue weighted by molar-refractivity contribution is 5.91. The monoisotopic (exact) mass is 237 g/mol. The molecule has 5 nitrogen and oxygen atoms in total. The van der Waals surface area contributed by atoms with Gasteiger partial charge >= 0.3 is 0 Å².